The number of nitrogens with one attached hydrogen (secondary N) is 1. The third kappa shape index (κ3) is 4.63. The van der Waals surface area contributed by atoms with Crippen molar-refractivity contribution in [2.75, 3.05) is 11.1 Å². The van der Waals surface area contributed by atoms with Gasteiger partial charge in [-0.25, -0.2) is 4.39 Å². The van der Waals surface area contributed by atoms with Crippen LogP contribution in [-0.4, -0.2) is 28.0 Å². The van der Waals surface area contributed by atoms with E-state index in [1.807, 2.05) is 6.92 Å². The molecule has 1 aliphatic heterocycles. The number of phenols is 1. The van der Waals surface area contributed by atoms with E-state index in [9.17, 15) is 14.3 Å². The van der Waals surface area contributed by atoms with E-state index in [0.717, 1.165) is 11.3 Å². The second-order valence-corrected chi connectivity index (χ2v) is 8.10. The van der Waals surface area contributed by atoms with Gasteiger partial charge in [-0.15, -0.1) is 0 Å². The number of thioether (sulfide) groups is 1. The zero-order valence-electron chi connectivity index (χ0n) is 15.5. The number of carbonyl (C=O) groups excluding carboxylic acids is 1. The molecule has 6 N–H and O–H groups in total. The highest BCUT2D eigenvalue weighted by atomic mass is 32.2. The van der Waals surface area contributed by atoms with Crippen LogP contribution in [0.3, 0.4) is 0 Å². The van der Waals surface area contributed by atoms with Crippen LogP contribution in [0.4, 0.5) is 10.1 Å². The quantitative estimate of drug-likeness (QED) is 0.614. The summed E-state index contributed by atoms with van der Waals surface area (Å²) >= 11 is 1.44. The Morgan fingerprint density at radius 2 is 2.07 bits per heavy atom. The van der Waals surface area contributed by atoms with E-state index in [-0.39, 0.29) is 11.7 Å². The fraction of sp³-hybridized carbons (Fsp3) is 0.300. The molecular formula is C20H23FN4O2S. The molecule has 0 spiro atoms. The number of benzene rings is 2. The zero-order valence-corrected chi connectivity index (χ0v) is 16.3. The summed E-state index contributed by atoms with van der Waals surface area (Å²) in [6.45, 7) is 1.83. The van der Waals surface area contributed by atoms with E-state index < -0.39 is 17.4 Å². The number of nitrogens with zero attached hydrogens (tertiary/aromatic N) is 1. The SMILES string of the molecule is C[C@@]1(c2cc(NC(=O)[C@H](N)Cc3ccc(O)cc3)ccc2F)CCSC(N)=N1. The first-order valence-corrected chi connectivity index (χ1v) is 9.88. The Hall–Kier alpha value is -2.58. The molecule has 2 atom stereocenters. The molecule has 0 unspecified atom stereocenters. The third-order valence-corrected chi connectivity index (χ3v) is 5.53. The summed E-state index contributed by atoms with van der Waals surface area (Å²) < 4.78 is 14.5. The molecule has 0 bridgehead atoms. The van der Waals surface area contributed by atoms with Gasteiger partial charge in [0.1, 0.15) is 11.6 Å². The van der Waals surface area contributed by atoms with Gasteiger partial charge in [0, 0.05) is 17.0 Å². The Morgan fingerprint density at radius 3 is 2.75 bits per heavy atom. The number of amidine groups is 1. The van der Waals surface area contributed by atoms with E-state index >= 15 is 0 Å². The van der Waals surface area contributed by atoms with Gasteiger partial charge in [-0.3, -0.25) is 9.79 Å². The normalized spacial score (nSPS) is 20.3. The van der Waals surface area contributed by atoms with Crippen LogP contribution >= 0.6 is 11.8 Å². The maximum Gasteiger partial charge on any atom is 0.241 e. The van der Waals surface area contributed by atoms with Crippen LogP contribution in [-0.2, 0) is 16.8 Å². The third-order valence-electron chi connectivity index (χ3n) is 4.74. The monoisotopic (exact) mass is 402 g/mol. The van der Waals surface area contributed by atoms with E-state index in [1.54, 1.807) is 30.3 Å². The summed E-state index contributed by atoms with van der Waals surface area (Å²) in [5, 5.41) is 12.5. The van der Waals surface area contributed by atoms with Crippen molar-refractivity contribution in [3.05, 3.63) is 59.4 Å². The summed E-state index contributed by atoms with van der Waals surface area (Å²) in [6, 6.07) is 10.1. The first-order chi connectivity index (χ1) is 13.3. The van der Waals surface area contributed by atoms with Crippen molar-refractivity contribution in [2.24, 2.45) is 16.5 Å². The van der Waals surface area contributed by atoms with Crippen LogP contribution < -0.4 is 16.8 Å². The van der Waals surface area contributed by atoms with Gasteiger partial charge in [0.25, 0.3) is 0 Å². The van der Waals surface area contributed by atoms with Crippen LogP contribution in [0.5, 0.6) is 5.75 Å². The largest absolute Gasteiger partial charge is 0.508 e. The Balaban J connectivity index is 1.74. The van der Waals surface area contributed by atoms with Crippen LogP contribution in [0.2, 0.25) is 0 Å². The van der Waals surface area contributed by atoms with Gasteiger partial charge in [-0.2, -0.15) is 0 Å². The molecular weight excluding hydrogens is 379 g/mol. The van der Waals surface area contributed by atoms with Crippen molar-refractivity contribution < 1.29 is 14.3 Å². The predicted octanol–water partition coefficient (Wildman–Crippen LogP) is 2.71. The van der Waals surface area contributed by atoms with E-state index in [0.29, 0.717) is 29.3 Å². The van der Waals surface area contributed by atoms with Gasteiger partial charge >= 0.3 is 0 Å². The summed E-state index contributed by atoms with van der Waals surface area (Å²) in [4.78, 5) is 16.9. The second-order valence-electron chi connectivity index (χ2n) is 6.98. The fourth-order valence-corrected chi connectivity index (χ4v) is 4.08. The number of halogens is 1. The highest BCUT2D eigenvalue weighted by Crippen LogP contribution is 2.37. The summed E-state index contributed by atoms with van der Waals surface area (Å²) in [5.74, 6) is 0.133. The molecule has 0 saturated carbocycles. The zero-order chi connectivity index (χ0) is 20.3. The lowest BCUT2D eigenvalue weighted by Crippen LogP contribution is -2.37. The Labute approximate surface area is 167 Å². The Kier molecular flexibility index (Phi) is 5.90. The van der Waals surface area contributed by atoms with Gasteiger partial charge < -0.3 is 21.9 Å². The average Bonchev–Trinajstić information content (AvgIpc) is 2.64. The molecule has 28 heavy (non-hydrogen) atoms. The minimum absolute atomic E-state index is 0.151. The van der Waals surface area contributed by atoms with Crippen molar-refractivity contribution >= 4 is 28.5 Å². The number of anilines is 1. The topological polar surface area (TPSA) is 114 Å². The molecule has 0 fully saturated rings. The van der Waals surface area contributed by atoms with Crippen molar-refractivity contribution in [1.29, 1.82) is 0 Å². The lowest BCUT2D eigenvalue weighted by atomic mass is 9.89. The molecule has 6 nitrogen and oxygen atoms in total. The second kappa shape index (κ2) is 8.20. The van der Waals surface area contributed by atoms with Gasteiger partial charge in [0.15, 0.2) is 5.17 Å². The Morgan fingerprint density at radius 1 is 1.36 bits per heavy atom. The van der Waals surface area contributed by atoms with Gasteiger partial charge in [0.05, 0.1) is 11.6 Å². The molecule has 0 aliphatic carbocycles. The number of rotatable bonds is 5. The molecule has 1 amide bonds. The number of aliphatic imine (C=N–C) groups is 1. The number of amides is 1. The highest BCUT2D eigenvalue weighted by Gasteiger charge is 2.32. The summed E-state index contributed by atoms with van der Waals surface area (Å²) in [7, 11) is 0. The molecule has 1 heterocycles. The first kappa shape index (κ1) is 20.2. The van der Waals surface area contributed by atoms with E-state index in [1.165, 1.54) is 23.9 Å². The van der Waals surface area contributed by atoms with Gasteiger partial charge in [0.2, 0.25) is 5.91 Å². The molecule has 0 radical (unpaired) electrons. The Bertz CT molecular complexity index is 904. The minimum Gasteiger partial charge on any atom is -0.508 e. The standard InChI is InChI=1S/C20H23FN4O2S/c1-20(8-9-28-19(23)25-20)15-11-13(4-7-16(15)21)24-18(27)17(22)10-12-2-5-14(26)6-3-12/h2-7,11,17,26H,8-10,22H2,1H3,(H2,23,25)(H,24,27)/t17-,20+/m1/s1. The lowest BCUT2D eigenvalue weighted by Gasteiger charge is -2.30. The number of nitrogens with two attached hydrogens (primary N) is 2. The smallest absolute Gasteiger partial charge is 0.241 e. The minimum atomic E-state index is -0.784. The lowest BCUT2D eigenvalue weighted by molar-refractivity contribution is -0.117. The number of phenolic OH excluding ortho intramolecular Hbond substituents is 1. The van der Waals surface area contributed by atoms with E-state index in [4.69, 9.17) is 11.5 Å². The predicted molar refractivity (Wildman–Crippen MR) is 111 cm³/mol. The molecule has 148 valence electrons. The van der Waals surface area contributed by atoms with Crippen molar-refractivity contribution in [1.82, 2.24) is 0 Å². The molecule has 2 aromatic carbocycles. The highest BCUT2D eigenvalue weighted by molar-refractivity contribution is 8.13. The van der Waals surface area contributed by atoms with Gasteiger partial charge in [-0.1, -0.05) is 23.9 Å². The first-order valence-electron chi connectivity index (χ1n) is 8.89. The number of hydrogen-bond acceptors (Lipinski definition) is 6. The van der Waals surface area contributed by atoms with Crippen LogP contribution in [0.25, 0.3) is 0 Å². The molecule has 2 aromatic rings. The number of aromatic hydroxyl groups is 1. The average molecular weight is 402 g/mol. The molecule has 1 aliphatic rings. The summed E-state index contributed by atoms with van der Waals surface area (Å²) in [6.07, 6.45) is 0.961. The molecule has 0 aromatic heterocycles. The van der Waals surface area contributed by atoms with Gasteiger partial charge in [-0.05, 0) is 55.7 Å². The number of carbonyl (C=O) groups is 1. The molecule has 8 heteroatoms. The maximum atomic E-state index is 14.5. The van der Waals surface area contributed by atoms with Crippen LogP contribution in [0.15, 0.2) is 47.5 Å². The summed E-state index contributed by atoms with van der Waals surface area (Å²) in [5.41, 5.74) is 12.7. The molecule has 3 rings (SSSR count). The van der Waals surface area contributed by atoms with Crippen molar-refractivity contribution in [3.8, 4) is 5.75 Å². The van der Waals surface area contributed by atoms with Crippen LogP contribution in [0, 0.1) is 5.82 Å². The molecule has 0 saturated heterocycles. The fourth-order valence-electron chi connectivity index (χ4n) is 3.11. The number of hydrogen-bond donors (Lipinski definition) is 4. The maximum absolute atomic E-state index is 14.5. The van der Waals surface area contributed by atoms with Crippen molar-refractivity contribution in [2.45, 2.75) is 31.3 Å². The van der Waals surface area contributed by atoms with E-state index in [2.05, 4.69) is 10.3 Å². The van der Waals surface area contributed by atoms with Crippen molar-refractivity contribution in [3.63, 3.8) is 0 Å². The van der Waals surface area contributed by atoms with Crippen LogP contribution in [0.1, 0.15) is 24.5 Å².